The van der Waals surface area contributed by atoms with E-state index in [1.807, 2.05) is 19.9 Å². The van der Waals surface area contributed by atoms with Crippen molar-refractivity contribution in [1.82, 2.24) is 0 Å². The Hall–Kier alpha value is -2.43. The first kappa shape index (κ1) is 15.0. The van der Waals surface area contributed by atoms with Crippen molar-refractivity contribution in [3.63, 3.8) is 0 Å². The maximum absolute atomic E-state index is 13.1. The summed E-state index contributed by atoms with van der Waals surface area (Å²) in [5, 5.41) is 5.72. The van der Waals surface area contributed by atoms with Gasteiger partial charge in [-0.2, -0.15) is 0 Å². The van der Waals surface area contributed by atoms with E-state index in [-0.39, 0.29) is 11.6 Å². The SMILES string of the molecule is CCNc1ccc(C(=O)Nc2ccc(F)c(F)c2)cc1C. The number of anilines is 2. The Balaban J connectivity index is 2.16. The smallest absolute Gasteiger partial charge is 0.255 e. The van der Waals surface area contributed by atoms with Crippen molar-refractivity contribution in [3.8, 4) is 0 Å². The maximum atomic E-state index is 13.1. The van der Waals surface area contributed by atoms with Crippen molar-refractivity contribution in [2.75, 3.05) is 17.2 Å². The number of halogens is 2. The molecule has 0 bridgehead atoms. The van der Waals surface area contributed by atoms with E-state index in [2.05, 4.69) is 10.6 Å². The molecular weight excluding hydrogens is 274 g/mol. The van der Waals surface area contributed by atoms with Crippen LogP contribution >= 0.6 is 0 Å². The average molecular weight is 290 g/mol. The van der Waals surface area contributed by atoms with Crippen LogP contribution in [0.2, 0.25) is 0 Å². The molecule has 2 rings (SSSR count). The van der Waals surface area contributed by atoms with Gasteiger partial charge in [-0.1, -0.05) is 0 Å². The molecule has 0 fully saturated rings. The molecule has 0 saturated heterocycles. The first-order valence-corrected chi connectivity index (χ1v) is 6.62. The van der Waals surface area contributed by atoms with E-state index in [0.29, 0.717) is 5.56 Å². The quantitative estimate of drug-likeness (QED) is 0.895. The van der Waals surface area contributed by atoms with Crippen LogP contribution in [0.3, 0.4) is 0 Å². The van der Waals surface area contributed by atoms with E-state index in [1.54, 1.807) is 12.1 Å². The molecule has 0 aliphatic rings. The van der Waals surface area contributed by atoms with E-state index in [0.717, 1.165) is 29.9 Å². The molecule has 0 aliphatic heterocycles. The fourth-order valence-electron chi connectivity index (χ4n) is 1.97. The highest BCUT2D eigenvalue weighted by Crippen LogP contribution is 2.18. The van der Waals surface area contributed by atoms with E-state index < -0.39 is 11.6 Å². The zero-order valence-electron chi connectivity index (χ0n) is 11.8. The highest BCUT2D eigenvalue weighted by Gasteiger charge is 2.09. The highest BCUT2D eigenvalue weighted by atomic mass is 19.2. The van der Waals surface area contributed by atoms with Crippen molar-refractivity contribution < 1.29 is 13.6 Å². The molecule has 0 unspecified atom stereocenters. The molecule has 0 radical (unpaired) electrons. The van der Waals surface area contributed by atoms with Crippen LogP contribution in [0.5, 0.6) is 0 Å². The lowest BCUT2D eigenvalue weighted by Gasteiger charge is -2.10. The minimum absolute atomic E-state index is 0.215. The lowest BCUT2D eigenvalue weighted by molar-refractivity contribution is 0.102. The lowest BCUT2D eigenvalue weighted by atomic mass is 10.1. The largest absolute Gasteiger partial charge is 0.385 e. The van der Waals surface area contributed by atoms with Gasteiger partial charge in [-0.15, -0.1) is 0 Å². The molecule has 2 N–H and O–H groups in total. The van der Waals surface area contributed by atoms with Crippen LogP contribution in [-0.2, 0) is 0 Å². The summed E-state index contributed by atoms with van der Waals surface area (Å²) in [6.45, 7) is 4.68. The van der Waals surface area contributed by atoms with Gasteiger partial charge >= 0.3 is 0 Å². The van der Waals surface area contributed by atoms with Crippen molar-refractivity contribution in [2.24, 2.45) is 0 Å². The molecule has 2 aromatic rings. The molecule has 5 heteroatoms. The third-order valence-corrected chi connectivity index (χ3v) is 3.03. The number of carbonyl (C=O) groups excluding carboxylic acids is 1. The fraction of sp³-hybridized carbons (Fsp3) is 0.188. The molecule has 0 atom stereocenters. The second-order valence-electron chi connectivity index (χ2n) is 4.64. The zero-order chi connectivity index (χ0) is 15.4. The van der Waals surface area contributed by atoms with Gasteiger partial charge in [-0.3, -0.25) is 4.79 Å². The molecule has 0 aromatic heterocycles. The van der Waals surface area contributed by atoms with Gasteiger partial charge in [0.15, 0.2) is 11.6 Å². The molecule has 2 aromatic carbocycles. The van der Waals surface area contributed by atoms with Crippen LogP contribution in [0.15, 0.2) is 36.4 Å². The third kappa shape index (κ3) is 3.56. The van der Waals surface area contributed by atoms with Gasteiger partial charge in [0, 0.05) is 29.5 Å². The Bertz CT molecular complexity index is 671. The second kappa shape index (κ2) is 6.35. The summed E-state index contributed by atoms with van der Waals surface area (Å²) >= 11 is 0. The summed E-state index contributed by atoms with van der Waals surface area (Å²) in [7, 11) is 0. The van der Waals surface area contributed by atoms with Crippen molar-refractivity contribution in [3.05, 3.63) is 59.2 Å². The molecule has 0 aliphatic carbocycles. The predicted octanol–water partition coefficient (Wildman–Crippen LogP) is 3.96. The Labute approximate surface area is 122 Å². The number of benzene rings is 2. The topological polar surface area (TPSA) is 41.1 Å². The molecule has 0 heterocycles. The fourth-order valence-corrected chi connectivity index (χ4v) is 1.97. The summed E-state index contributed by atoms with van der Waals surface area (Å²) in [4.78, 5) is 12.1. The molecule has 3 nitrogen and oxygen atoms in total. The lowest BCUT2D eigenvalue weighted by Crippen LogP contribution is -2.12. The van der Waals surface area contributed by atoms with Crippen molar-refractivity contribution >= 4 is 17.3 Å². The van der Waals surface area contributed by atoms with Gasteiger partial charge in [-0.05, 0) is 49.7 Å². The van der Waals surface area contributed by atoms with Gasteiger partial charge in [0.1, 0.15) is 0 Å². The normalized spacial score (nSPS) is 10.3. The van der Waals surface area contributed by atoms with Gasteiger partial charge in [0.2, 0.25) is 0 Å². The van der Waals surface area contributed by atoms with Gasteiger partial charge in [-0.25, -0.2) is 8.78 Å². The molecule has 0 spiro atoms. The number of hydrogen-bond acceptors (Lipinski definition) is 2. The van der Waals surface area contributed by atoms with Crippen LogP contribution in [0.1, 0.15) is 22.8 Å². The first-order chi connectivity index (χ1) is 10.0. The minimum atomic E-state index is -0.994. The Morgan fingerprint density at radius 3 is 2.48 bits per heavy atom. The number of hydrogen-bond donors (Lipinski definition) is 2. The van der Waals surface area contributed by atoms with Gasteiger partial charge in [0.05, 0.1) is 0 Å². The number of amides is 1. The van der Waals surface area contributed by atoms with Gasteiger partial charge < -0.3 is 10.6 Å². The number of aryl methyl sites for hydroxylation is 1. The monoisotopic (exact) mass is 290 g/mol. The number of rotatable bonds is 4. The van der Waals surface area contributed by atoms with E-state index in [4.69, 9.17) is 0 Å². The zero-order valence-corrected chi connectivity index (χ0v) is 11.8. The number of nitrogens with one attached hydrogen (secondary N) is 2. The molecule has 21 heavy (non-hydrogen) atoms. The van der Waals surface area contributed by atoms with Crippen LogP contribution < -0.4 is 10.6 Å². The third-order valence-electron chi connectivity index (χ3n) is 3.03. The highest BCUT2D eigenvalue weighted by molar-refractivity contribution is 6.04. The predicted molar refractivity (Wildman–Crippen MR) is 79.7 cm³/mol. The summed E-state index contributed by atoms with van der Waals surface area (Å²) in [6, 6.07) is 8.49. The Kier molecular flexibility index (Phi) is 4.52. The summed E-state index contributed by atoms with van der Waals surface area (Å²) < 4.78 is 25.9. The summed E-state index contributed by atoms with van der Waals surface area (Å²) in [5.41, 5.74) is 2.57. The molecular formula is C16H16F2N2O. The second-order valence-corrected chi connectivity index (χ2v) is 4.64. The van der Waals surface area contributed by atoms with Crippen molar-refractivity contribution in [2.45, 2.75) is 13.8 Å². The Morgan fingerprint density at radius 2 is 1.86 bits per heavy atom. The van der Waals surface area contributed by atoms with Gasteiger partial charge in [0.25, 0.3) is 5.91 Å². The molecule has 0 saturated carbocycles. The van der Waals surface area contributed by atoms with E-state index in [1.165, 1.54) is 6.07 Å². The summed E-state index contributed by atoms with van der Waals surface area (Å²) in [6.07, 6.45) is 0. The maximum Gasteiger partial charge on any atom is 0.255 e. The summed E-state index contributed by atoms with van der Waals surface area (Å²) in [5.74, 6) is -2.31. The molecule has 1 amide bonds. The van der Waals surface area contributed by atoms with Crippen LogP contribution in [0.4, 0.5) is 20.2 Å². The van der Waals surface area contributed by atoms with Crippen LogP contribution in [0.25, 0.3) is 0 Å². The van der Waals surface area contributed by atoms with E-state index >= 15 is 0 Å². The average Bonchev–Trinajstić information content (AvgIpc) is 2.45. The Morgan fingerprint density at radius 1 is 1.10 bits per heavy atom. The van der Waals surface area contributed by atoms with Crippen LogP contribution in [-0.4, -0.2) is 12.5 Å². The molecule has 110 valence electrons. The number of carbonyl (C=O) groups is 1. The van der Waals surface area contributed by atoms with Crippen molar-refractivity contribution in [1.29, 1.82) is 0 Å². The standard InChI is InChI=1S/C16H16F2N2O/c1-3-19-15-7-4-11(8-10(15)2)16(21)20-12-5-6-13(17)14(18)9-12/h4-9,19H,3H2,1-2H3,(H,20,21). The van der Waals surface area contributed by atoms with Crippen LogP contribution in [0, 0.1) is 18.6 Å². The minimum Gasteiger partial charge on any atom is -0.385 e. The first-order valence-electron chi connectivity index (χ1n) is 6.62. The van der Waals surface area contributed by atoms with E-state index in [9.17, 15) is 13.6 Å².